The van der Waals surface area contributed by atoms with E-state index in [2.05, 4.69) is 0 Å². The second-order valence-electron chi connectivity index (χ2n) is 8.48. The van der Waals surface area contributed by atoms with Gasteiger partial charge in [0.05, 0.1) is 26.0 Å². The number of hydrogen-bond donors (Lipinski definition) is 0. The molecule has 166 valence electrons. The number of nitrogens with zero attached hydrogens (tertiary/aromatic N) is 2. The molecule has 1 saturated carbocycles. The van der Waals surface area contributed by atoms with Gasteiger partial charge in [-0.3, -0.25) is 9.59 Å². The molecule has 2 heterocycles. The van der Waals surface area contributed by atoms with E-state index in [0.717, 1.165) is 25.7 Å². The lowest BCUT2D eigenvalue weighted by molar-refractivity contribution is -0.159. The summed E-state index contributed by atoms with van der Waals surface area (Å²) in [6.45, 7) is 4.25. The summed E-state index contributed by atoms with van der Waals surface area (Å²) in [5, 5.41) is 0. The van der Waals surface area contributed by atoms with Crippen LogP contribution in [0.1, 0.15) is 56.9 Å². The lowest BCUT2D eigenvalue weighted by Crippen LogP contribution is -2.57. The average Bonchev–Trinajstić information content (AvgIpc) is 3.45. The third-order valence-corrected chi connectivity index (χ3v) is 5.99. The zero-order valence-electron chi connectivity index (χ0n) is 18.4. The van der Waals surface area contributed by atoms with Gasteiger partial charge in [-0.05, 0) is 56.5 Å². The van der Waals surface area contributed by atoms with Gasteiger partial charge in [0, 0.05) is 6.04 Å². The van der Waals surface area contributed by atoms with Gasteiger partial charge in [-0.1, -0.05) is 18.9 Å². The fraction of sp³-hybridized carbons (Fsp3) is 0.500. The standard InChI is InChI=1S/C24H30N2O5/c1-16(2)31-20-11-10-17(13-21(20)29-3)23-24(28)25(18-7-4-5-8-18)15-22(27)26(23)14-19-9-6-12-30-19/h6,9-13,16,18,23H,4-5,7-8,14-15H2,1-3H3/t23-/m1/s1. The third-order valence-electron chi connectivity index (χ3n) is 5.99. The summed E-state index contributed by atoms with van der Waals surface area (Å²) >= 11 is 0. The van der Waals surface area contributed by atoms with Gasteiger partial charge in [0.25, 0.3) is 5.91 Å². The Balaban J connectivity index is 1.71. The van der Waals surface area contributed by atoms with E-state index in [-0.39, 0.29) is 37.0 Å². The summed E-state index contributed by atoms with van der Waals surface area (Å²) in [5.74, 6) is 1.68. The maximum absolute atomic E-state index is 13.7. The molecule has 0 bridgehead atoms. The van der Waals surface area contributed by atoms with Gasteiger partial charge in [-0.25, -0.2) is 0 Å². The number of carbonyl (C=O) groups is 2. The van der Waals surface area contributed by atoms with Crippen molar-refractivity contribution in [3.63, 3.8) is 0 Å². The third kappa shape index (κ3) is 4.40. The van der Waals surface area contributed by atoms with Crippen molar-refractivity contribution in [2.24, 2.45) is 0 Å². The fourth-order valence-corrected chi connectivity index (χ4v) is 4.55. The number of furan rings is 1. The number of rotatable bonds is 7. The Morgan fingerprint density at radius 2 is 1.90 bits per heavy atom. The molecule has 1 aliphatic carbocycles. The van der Waals surface area contributed by atoms with Gasteiger partial charge in [0.15, 0.2) is 11.5 Å². The predicted molar refractivity (Wildman–Crippen MR) is 115 cm³/mol. The van der Waals surface area contributed by atoms with Gasteiger partial charge in [0.2, 0.25) is 5.91 Å². The van der Waals surface area contributed by atoms with Crippen LogP contribution in [0, 0.1) is 0 Å². The van der Waals surface area contributed by atoms with Crippen LogP contribution in [0.15, 0.2) is 41.0 Å². The number of methoxy groups -OCH3 is 1. The van der Waals surface area contributed by atoms with Crippen LogP contribution in [0.3, 0.4) is 0 Å². The lowest BCUT2D eigenvalue weighted by atomic mass is 9.98. The van der Waals surface area contributed by atoms with Gasteiger partial charge >= 0.3 is 0 Å². The SMILES string of the molecule is COc1cc([C@@H]2C(=O)N(C3CCCC3)CC(=O)N2Cc2ccco2)ccc1OC(C)C. The van der Waals surface area contributed by atoms with Gasteiger partial charge in [0.1, 0.15) is 18.3 Å². The minimum atomic E-state index is -0.728. The highest BCUT2D eigenvalue weighted by molar-refractivity contribution is 5.96. The Kier molecular flexibility index (Phi) is 6.20. The van der Waals surface area contributed by atoms with Crippen molar-refractivity contribution >= 4 is 11.8 Å². The van der Waals surface area contributed by atoms with Crippen molar-refractivity contribution in [3.05, 3.63) is 47.9 Å². The van der Waals surface area contributed by atoms with E-state index in [4.69, 9.17) is 13.9 Å². The number of hydrogen-bond acceptors (Lipinski definition) is 5. The van der Waals surface area contributed by atoms with E-state index in [1.807, 2.05) is 32.0 Å². The molecule has 0 radical (unpaired) electrons. The van der Waals surface area contributed by atoms with Crippen LogP contribution in [0.2, 0.25) is 0 Å². The molecule has 1 atom stereocenters. The normalized spacial score (nSPS) is 20.1. The summed E-state index contributed by atoms with van der Waals surface area (Å²) in [4.78, 5) is 30.3. The molecule has 0 spiro atoms. The molecule has 1 saturated heterocycles. The number of carbonyl (C=O) groups excluding carboxylic acids is 2. The summed E-state index contributed by atoms with van der Waals surface area (Å²) in [5.41, 5.74) is 0.709. The zero-order valence-corrected chi connectivity index (χ0v) is 18.4. The molecule has 4 rings (SSSR count). The van der Waals surface area contributed by atoms with Crippen LogP contribution in [0.5, 0.6) is 11.5 Å². The van der Waals surface area contributed by atoms with Crippen LogP contribution in [-0.4, -0.2) is 47.4 Å². The largest absolute Gasteiger partial charge is 0.493 e. The molecular formula is C24H30N2O5. The summed E-state index contributed by atoms with van der Waals surface area (Å²) < 4.78 is 16.8. The van der Waals surface area contributed by atoms with E-state index in [0.29, 0.717) is 22.8 Å². The quantitative estimate of drug-likeness (QED) is 0.671. The average molecular weight is 427 g/mol. The van der Waals surface area contributed by atoms with Gasteiger partial charge < -0.3 is 23.7 Å². The van der Waals surface area contributed by atoms with Crippen LogP contribution >= 0.6 is 0 Å². The first kappa shape index (κ1) is 21.3. The molecule has 2 aromatic rings. The smallest absolute Gasteiger partial charge is 0.250 e. The molecule has 31 heavy (non-hydrogen) atoms. The molecule has 1 aromatic carbocycles. The Labute approximate surface area is 182 Å². The monoisotopic (exact) mass is 426 g/mol. The molecule has 2 aliphatic rings. The molecule has 1 aliphatic heterocycles. The lowest BCUT2D eigenvalue weighted by Gasteiger charge is -2.42. The molecule has 0 unspecified atom stereocenters. The van der Waals surface area contributed by atoms with Gasteiger partial charge in [-0.2, -0.15) is 0 Å². The van der Waals surface area contributed by atoms with Crippen molar-refractivity contribution in [2.75, 3.05) is 13.7 Å². The Hall–Kier alpha value is -2.96. The second kappa shape index (κ2) is 9.04. The molecule has 0 N–H and O–H groups in total. The molecule has 2 amide bonds. The number of benzene rings is 1. The first-order chi connectivity index (χ1) is 15.0. The molecule has 7 heteroatoms. The Bertz CT molecular complexity index is 918. The molecule has 7 nitrogen and oxygen atoms in total. The van der Waals surface area contributed by atoms with Crippen molar-refractivity contribution in [1.29, 1.82) is 0 Å². The molecular weight excluding hydrogens is 396 g/mol. The molecule has 1 aromatic heterocycles. The van der Waals surface area contributed by atoms with Crippen molar-refractivity contribution in [2.45, 2.75) is 64.3 Å². The highest BCUT2D eigenvalue weighted by Crippen LogP contribution is 2.37. The maximum atomic E-state index is 13.7. The predicted octanol–water partition coefficient (Wildman–Crippen LogP) is 3.93. The number of ether oxygens (including phenoxy) is 2. The van der Waals surface area contributed by atoms with Crippen LogP contribution in [0.25, 0.3) is 0 Å². The first-order valence-electron chi connectivity index (χ1n) is 10.9. The first-order valence-corrected chi connectivity index (χ1v) is 10.9. The van der Waals surface area contributed by atoms with Gasteiger partial charge in [-0.15, -0.1) is 0 Å². The topological polar surface area (TPSA) is 72.2 Å². The minimum absolute atomic E-state index is 0.00838. The number of amides is 2. The van der Waals surface area contributed by atoms with E-state index in [1.54, 1.807) is 35.3 Å². The van der Waals surface area contributed by atoms with Crippen LogP contribution < -0.4 is 9.47 Å². The highest BCUT2D eigenvalue weighted by atomic mass is 16.5. The van der Waals surface area contributed by atoms with Crippen molar-refractivity contribution < 1.29 is 23.5 Å². The summed E-state index contributed by atoms with van der Waals surface area (Å²) in [7, 11) is 1.57. The second-order valence-corrected chi connectivity index (χ2v) is 8.48. The van der Waals surface area contributed by atoms with E-state index < -0.39 is 6.04 Å². The summed E-state index contributed by atoms with van der Waals surface area (Å²) in [6.07, 6.45) is 5.66. The van der Waals surface area contributed by atoms with E-state index in [1.165, 1.54) is 0 Å². The highest BCUT2D eigenvalue weighted by Gasteiger charge is 2.43. The fourth-order valence-electron chi connectivity index (χ4n) is 4.55. The zero-order chi connectivity index (χ0) is 22.0. The Morgan fingerprint density at radius 1 is 1.13 bits per heavy atom. The number of piperazine rings is 1. The minimum Gasteiger partial charge on any atom is -0.493 e. The Morgan fingerprint density at radius 3 is 2.55 bits per heavy atom. The molecule has 2 fully saturated rings. The van der Waals surface area contributed by atoms with E-state index >= 15 is 0 Å². The maximum Gasteiger partial charge on any atom is 0.250 e. The summed E-state index contributed by atoms with van der Waals surface area (Å²) in [6, 6.07) is 8.48. The van der Waals surface area contributed by atoms with Crippen LogP contribution in [-0.2, 0) is 16.1 Å². The van der Waals surface area contributed by atoms with E-state index in [9.17, 15) is 9.59 Å². The van der Waals surface area contributed by atoms with Crippen molar-refractivity contribution in [3.8, 4) is 11.5 Å². The van der Waals surface area contributed by atoms with Crippen LogP contribution in [0.4, 0.5) is 0 Å². The van der Waals surface area contributed by atoms with Crippen molar-refractivity contribution in [1.82, 2.24) is 9.80 Å².